The van der Waals surface area contributed by atoms with Crippen LogP contribution in [0.4, 0.5) is 0 Å². The second-order valence-corrected chi connectivity index (χ2v) is 27.8. The first-order valence-corrected chi connectivity index (χ1v) is 40.1. The molecule has 0 rings (SSSR count). The number of rotatable bonds is 76. The zero-order chi connectivity index (χ0) is 62.8. The molecule has 87 heavy (non-hydrogen) atoms. The largest absolute Gasteiger partial charge is 0.466 e. The van der Waals surface area contributed by atoms with Crippen LogP contribution in [0.5, 0.6) is 0 Å². The van der Waals surface area contributed by atoms with E-state index in [1.54, 1.807) is 0 Å². The minimum atomic E-state index is -0.660. The summed E-state index contributed by atoms with van der Waals surface area (Å²) in [6, 6.07) is -0.537. The first-order valence-electron chi connectivity index (χ1n) is 40.1. The van der Waals surface area contributed by atoms with Gasteiger partial charge in [0, 0.05) is 12.8 Å². The van der Waals surface area contributed by atoms with Gasteiger partial charge in [0.25, 0.3) is 0 Å². The van der Waals surface area contributed by atoms with Gasteiger partial charge in [0.2, 0.25) is 5.91 Å². The lowest BCUT2D eigenvalue weighted by molar-refractivity contribution is -0.143. The number of ether oxygens (including phenoxy) is 1. The highest BCUT2D eigenvalue weighted by Crippen LogP contribution is 2.20. The molecule has 0 aromatic rings. The first kappa shape index (κ1) is 85.3. The van der Waals surface area contributed by atoms with Crippen molar-refractivity contribution in [3.05, 3.63) is 24.3 Å². The lowest BCUT2D eigenvalue weighted by atomic mass is 10.0. The lowest BCUT2D eigenvalue weighted by Gasteiger charge is -2.22. The van der Waals surface area contributed by atoms with Crippen LogP contribution in [0.15, 0.2) is 24.3 Å². The Hall–Kier alpha value is -1.66. The summed E-state index contributed by atoms with van der Waals surface area (Å²) in [5.74, 6) is -0.00581. The van der Waals surface area contributed by atoms with Gasteiger partial charge in [-0.1, -0.05) is 411 Å². The summed E-state index contributed by atoms with van der Waals surface area (Å²) in [4.78, 5) is 24.7. The molecule has 3 N–H and O–H groups in total. The molecular weight excluding hydrogens is 1070 g/mol. The van der Waals surface area contributed by atoms with Crippen molar-refractivity contribution in [1.29, 1.82) is 0 Å². The smallest absolute Gasteiger partial charge is 0.305 e. The number of carbonyl (C=O) groups is 2. The van der Waals surface area contributed by atoms with Crippen LogP contribution in [0.3, 0.4) is 0 Å². The average Bonchev–Trinajstić information content (AvgIpc) is 3.53. The van der Waals surface area contributed by atoms with Gasteiger partial charge in [-0.05, 0) is 57.8 Å². The van der Waals surface area contributed by atoms with Crippen LogP contribution in [0.1, 0.15) is 457 Å². The number of aliphatic hydroxyl groups is 2. The fourth-order valence-electron chi connectivity index (χ4n) is 12.9. The van der Waals surface area contributed by atoms with Crippen molar-refractivity contribution in [2.75, 3.05) is 13.2 Å². The monoisotopic (exact) mass is 1220 g/mol. The molecule has 0 heterocycles. The number of hydrogen-bond donors (Lipinski definition) is 3. The molecule has 0 aromatic heterocycles. The van der Waals surface area contributed by atoms with Gasteiger partial charge in [0.15, 0.2) is 0 Å². The number of nitrogens with one attached hydrogen (secondary N) is 1. The van der Waals surface area contributed by atoms with E-state index in [-0.39, 0.29) is 18.5 Å². The van der Waals surface area contributed by atoms with Crippen molar-refractivity contribution in [2.24, 2.45) is 0 Å². The van der Waals surface area contributed by atoms with Crippen LogP contribution < -0.4 is 5.32 Å². The summed E-state index contributed by atoms with van der Waals surface area (Å²) in [6.45, 7) is 4.98. The van der Waals surface area contributed by atoms with Crippen LogP contribution in [0, 0.1) is 0 Å². The predicted octanol–water partition coefficient (Wildman–Crippen LogP) is 26.4. The number of hydrogen-bond acceptors (Lipinski definition) is 5. The van der Waals surface area contributed by atoms with E-state index in [1.807, 2.05) is 0 Å². The Morgan fingerprint density at radius 3 is 0.897 bits per heavy atom. The first-order chi connectivity index (χ1) is 43.0. The molecule has 516 valence electrons. The van der Waals surface area contributed by atoms with Gasteiger partial charge < -0.3 is 20.3 Å². The molecule has 0 aromatic carbocycles. The summed E-state index contributed by atoms with van der Waals surface area (Å²) in [7, 11) is 0. The van der Waals surface area contributed by atoms with Gasteiger partial charge in [-0.15, -0.1) is 0 Å². The molecule has 0 bridgehead atoms. The number of aliphatic hydroxyl groups excluding tert-OH is 2. The van der Waals surface area contributed by atoms with Gasteiger partial charge >= 0.3 is 5.97 Å². The highest BCUT2D eigenvalue weighted by Gasteiger charge is 2.20. The predicted molar refractivity (Wildman–Crippen MR) is 384 cm³/mol. The highest BCUT2D eigenvalue weighted by molar-refractivity contribution is 5.76. The molecule has 1 amide bonds. The molecule has 6 heteroatoms. The molecule has 0 aliphatic rings. The number of carbonyl (C=O) groups excluding carboxylic acids is 2. The molecular formula is C81H157NO5. The van der Waals surface area contributed by atoms with Crippen LogP contribution in [0.2, 0.25) is 0 Å². The van der Waals surface area contributed by atoms with Gasteiger partial charge in [-0.3, -0.25) is 9.59 Å². The van der Waals surface area contributed by atoms with E-state index in [9.17, 15) is 19.8 Å². The molecule has 2 atom stereocenters. The summed E-state index contributed by atoms with van der Waals surface area (Å²) in [5.41, 5.74) is 0. The third-order valence-electron chi connectivity index (χ3n) is 19.0. The fraction of sp³-hybridized carbons (Fsp3) is 0.926. The Kier molecular flexibility index (Phi) is 75.3. The summed E-state index contributed by atoms with van der Waals surface area (Å²) in [5, 5.41) is 23.4. The summed E-state index contributed by atoms with van der Waals surface area (Å²) < 4.78 is 5.52. The van der Waals surface area contributed by atoms with Crippen LogP contribution in [0.25, 0.3) is 0 Å². The molecule has 0 radical (unpaired) electrons. The van der Waals surface area contributed by atoms with E-state index >= 15 is 0 Å². The van der Waals surface area contributed by atoms with Gasteiger partial charge in [0.1, 0.15) is 0 Å². The van der Waals surface area contributed by atoms with E-state index in [2.05, 4.69) is 43.5 Å². The maximum absolute atomic E-state index is 12.5. The van der Waals surface area contributed by atoms with E-state index in [0.29, 0.717) is 25.9 Å². The van der Waals surface area contributed by atoms with Gasteiger partial charge in [-0.2, -0.15) is 0 Å². The second kappa shape index (κ2) is 76.8. The van der Waals surface area contributed by atoms with Crippen molar-refractivity contribution in [3.63, 3.8) is 0 Å². The minimum Gasteiger partial charge on any atom is -0.466 e. The summed E-state index contributed by atoms with van der Waals surface area (Å²) in [6.07, 6.45) is 98.5. The summed E-state index contributed by atoms with van der Waals surface area (Å²) >= 11 is 0. The van der Waals surface area contributed by atoms with E-state index < -0.39 is 12.1 Å². The van der Waals surface area contributed by atoms with E-state index in [0.717, 1.165) is 44.9 Å². The van der Waals surface area contributed by atoms with Gasteiger partial charge in [0.05, 0.1) is 25.4 Å². The quantitative estimate of drug-likeness (QED) is 0.0320. The highest BCUT2D eigenvalue weighted by atomic mass is 16.5. The molecule has 0 saturated heterocycles. The van der Waals surface area contributed by atoms with Crippen molar-refractivity contribution in [3.8, 4) is 0 Å². The molecule has 0 fully saturated rings. The SMILES string of the molecule is CCCCC/C=C\C/C=C\CCCCCCCCCCCC(=O)OCCCCCCCCCCCCCCCCCCCCCCCCCCCCCCCCCCCCCC(=O)NC(CO)C(O)CCCCCCCCCCCCCCCCCC. The molecule has 0 aliphatic heterocycles. The minimum absolute atomic E-state index is 0.0198. The zero-order valence-electron chi connectivity index (χ0n) is 59.3. The average molecular weight is 1230 g/mol. The molecule has 6 nitrogen and oxygen atoms in total. The molecule has 2 unspecified atom stereocenters. The molecule has 0 spiro atoms. The normalized spacial score (nSPS) is 12.6. The maximum Gasteiger partial charge on any atom is 0.305 e. The zero-order valence-corrected chi connectivity index (χ0v) is 59.3. The number of unbranched alkanes of at least 4 members (excludes halogenated alkanes) is 61. The Morgan fingerprint density at radius 1 is 0.322 bits per heavy atom. The number of esters is 1. The van der Waals surface area contributed by atoms with Crippen molar-refractivity contribution >= 4 is 11.9 Å². The van der Waals surface area contributed by atoms with Crippen LogP contribution in [-0.2, 0) is 14.3 Å². The Labute approximate surface area is 545 Å². The maximum atomic E-state index is 12.5. The number of allylic oxidation sites excluding steroid dienone is 4. The van der Waals surface area contributed by atoms with Crippen LogP contribution in [-0.4, -0.2) is 47.4 Å². The molecule has 0 aliphatic carbocycles. The topological polar surface area (TPSA) is 95.9 Å². The van der Waals surface area contributed by atoms with Crippen molar-refractivity contribution in [2.45, 2.75) is 469 Å². The third kappa shape index (κ3) is 73.3. The molecule has 0 saturated carbocycles. The van der Waals surface area contributed by atoms with E-state index in [1.165, 1.54) is 379 Å². The van der Waals surface area contributed by atoms with Gasteiger partial charge in [-0.25, -0.2) is 0 Å². The van der Waals surface area contributed by atoms with Crippen molar-refractivity contribution in [1.82, 2.24) is 5.32 Å². The Morgan fingerprint density at radius 2 is 0.575 bits per heavy atom. The fourth-order valence-corrected chi connectivity index (χ4v) is 12.9. The van der Waals surface area contributed by atoms with Crippen LogP contribution >= 0.6 is 0 Å². The second-order valence-electron chi connectivity index (χ2n) is 27.8. The van der Waals surface area contributed by atoms with E-state index in [4.69, 9.17) is 4.74 Å². The Bertz CT molecular complexity index is 1360. The third-order valence-corrected chi connectivity index (χ3v) is 19.0. The number of amides is 1. The standard InChI is InChI=1S/C81H157NO5/c1-3-5-7-9-11-13-15-17-19-21-39-43-47-51-55-59-63-67-71-75-81(86)87-76-72-68-64-60-56-52-48-44-41-38-36-34-32-30-28-26-24-22-23-25-27-29-31-33-35-37-40-42-46-50-54-58-62-66-70-74-80(85)82-78(77-83)79(84)73-69-65-61-57-53-49-45-20-18-16-14-12-10-8-6-4-2/h11,13,17,19,78-79,83-84H,3-10,12,14-16,18,20-77H2,1-2H3,(H,82,85)/b13-11-,19-17-. The Balaban J connectivity index is 3.29. The van der Waals surface area contributed by atoms with Crippen molar-refractivity contribution < 1.29 is 24.5 Å². The lowest BCUT2D eigenvalue weighted by Crippen LogP contribution is -2.45.